The summed E-state index contributed by atoms with van der Waals surface area (Å²) in [6.45, 7) is -2.42. The highest BCUT2D eigenvalue weighted by Gasteiger charge is 2.60. The minimum Gasteiger partial charge on any atom is -0.396 e. The zero-order chi connectivity index (χ0) is 18.2. The van der Waals surface area contributed by atoms with E-state index in [1.807, 2.05) is 0 Å². The molecule has 10 atom stereocenters. The molecule has 1 aliphatic heterocycles. The lowest BCUT2D eigenvalue weighted by Crippen LogP contribution is -2.60. The zero-order valence-corrected chi connectivity index (χ0v) is 12.7. The minimum absolute atomic E-state index is 0.690. The molecule has 142 valence electrons. The Hall–Kier alpha value is -0.440. The average Bonchev–Trinajstić information content (AvgIpc) is 2.76. The van der Waals surface area contributed by atoms with Gasteiger partial charge < -0.3 is 55.4 Å². The quantitative estimate of drug-likeness (QED) is 0.227. The molecule has 0 aromatic heterocycles. The van der Waals surface area contributed by atoms with Crippen LogP contribution in [0, 0.1) is 5.92 Å². The molecule has 2 rings (SSSR count). The number of aliphatic hydroxyl groups is 9. The fourth-order valence-electron chi connectivity index (χ4n) is 3.14. The first-order valence-corrected chi connectivity index (χ1v) is 7.49. The van der Waals surface area contributed by atoms with Gasteiger partial charge in [0.15, 0.2) is 6.29 Å². The van der Waals surface area contributed by atoms with E-state index in [1.165, 1.54) is 0 Å². The second-order valence-electron chi connectivity index (χ2n) is 6.18. The molecule has 4 unspecified atom stereocenters. The van der Waals surface area contributed by atoms with Gasteiger partial charge in [-0.2, -0.15) is 0 Å². The second-order valence-corrected chi connectivity index (χ2v) is 6.18. The van der Waals surface area contributed by atoms with Crippen LogP contribution in [0.4, 0.5) is 0 Å². The summed E-state index contributed by atoms with van der Waals surface area (Å²) in [5, 5.41) is 87.3. The fourth-order valence-corrected chi connectivity index (χ4v) is 3.14. The topological polar surface area (TPSA) is 201 Å². The lowest BCUT2D eigenvalue weighted by Gasteiger charge is -2.41. The van der Waals surface area contributed by atoms with E-state index in [9.17, 15) is 40.9 Å². The van der Waals surface area contributed by atoms with Gasteiger partial charge in [0.25, 0.3) is 0 Å². The van der Waals surface area contributed by atoms with Crippen LogP contribution in [-0.2, 0) is 9.47 Å². The molecule has 0 aromatic carbocycles. The molecule has 0 bridgehead atoms. The monoisotopic (exact) mass is 356 g/mol. The lowest BCUT2D eigenvalue weighted by molar-refractivity contribution is -0.321. The number of hydrogen-bond donors (Lipinski definition) is 9. The van der Waals surface area contributed by atoms with Crippen molar-refractivity contribution in [3.63, 3.8) is 0 Å². The first kappa shape index (κ1) is 19.9. The summed E-state index contributed by atoms with van der Waals surface area (Å²) in [5.74, 6) is -1.22. The van der Waals surface area contributed by atoms with Crippen molar-refractivity contribution in [2.24, 2.45) is 5.92 Å². The maximum Gasteiger partial charge on any atom is 0.187 e. The normalized spacial score (nSPS) is 52.6. The Kier molecular flexibility index (Phi) is 6.16. The summed E-state index contributed by atoms with van der Waals surface area (Å²) in [7, 11) is 0. The van der Waals surface area contributed by atoms with Crippen molar-refractivity contribution in [3.8, 4) is 0 Å². The lowest BCUT2D eigenvalue weighted by atomic mass is 9.96. The summed E-state index contributed by atoms with van der Waals surface area (Å²) < 4.78 is 10.4. The molecular formula is C13H24O11. The third-order valence-electron chi connectivity index (χ3n) is 4.77. The van der Waals surface area contributed by atoms with E-state index in [1.54, 1.807) is 0 Å². The van der Waals surface area contributed by atoms with E-state index < -0.39 is 80.4 Å². The van der Waals surface area contributed by atoms with Crippen LogP contribution < -0.4 is 0 Å². The Labute approximate surface area is 136 Å². The van der Waals surface area contributed by atoms with Gasteiger partial charge in [-0.1, -0.05) is 0 Å². The van der Waals surface area contributed by atoms with Crippen LogP contribution in [0.2, 0.25) is 0 Å². The Morgan fingerprint density at radius 1 is 0.833 bits per heavy atom. The van der Waals surface area contributed by atoms with Gasteiger partial charge in [-0.15, -0.1) is 0 Å². The van der Waals surface area contributed by atoms with Crippen molar-refractivity contribution >= 4 is 0 Å². The van der Waals surface area contributed by atoms with Crippen LogP contribution in [0.5, 0.6) is 0 Å². The van der Waals surface area contributed by atoms with Crippen molar-refractivity contribution < 1.29 is 55.4 Å². The van der Waals surface area contributed by atoms with Crippen LogP contribution in [0.3, 0.4) is 0 Å². The number of ether oxygens (including phenoxy) is 2. The summed E-state index contributed by atoms with van der Waals surface area (Å²) >= 11 is 0. The van der Waals surface area contributed by atoms with Crippen LogP contribution in [0.25, 0.3) is 0 Å². The average molecular weight is 356 g/mol. The Balaban J connectivity index is 2.19. The van der Waals surface area contributed by atoms with E-state index in [-0.39, 0.29) is 0 Å². The third-order valence-corrected chi connectivity index (χ3v) is 4.77. The van der Waals surface area contributed by atoms with Gasteiger partial charge in [-0.05, 0) is 0 Å². The molecule has 11 nitrogen and oxygen atoms in total. The molecule has 11 heteroatoms. The third kappa shape index (κ3) is 3.06. The van der Waals surface area contributed by atoms with Crippen molar-refractivity contribution in [2.45, 2.75) is 54.6 Å². The molecule has 24 heavy (non-hydrogen) atoms. The number of hydrogen-bond acceptors (Lipinski definition) is 11. The Morgan fingerprint density at radius 3 is 1.96 bits per heavy atom. The van der Waals surface area contributed by atoms with Gasteiger partial charge in [0.1, 0.15) is 36.1 Å². The molecule has 0 spiro atoms. The van der Waals surface area contributed by atoms with Gasteiger partial charge in [-0.3, -0.25) is 0 Å². The molecule has 0 aromatic rings. The summed E-state index contributed by atoms with van der Waals surface area (Å²) in [5.41, 5.74) is -2.35. The highest BCUT2D eigenvalue weighted by Crippen LogP contribution is 2.39. The molecule has 2 fully saturated rings. The van der Waals surface area contributed by atoms with Crippen molar-refractivity contribution in [1.29, 1.82) is 0 Å². The predicted octanol–water partition coefficient (Wildman–Crippen LogP) is -5.76. The molecule has 1 saturated heterocycles. The SMILES string of the molecule is OCC1O[C@H](OC2[C@@H](CO)C(O)[C@](O)(CO)[C@@H]2O)C(O)[C@@H](O)[C@@H]1O. The molecular weight excluding hydrogens is 332 g/mol. The first-order chi connectivity index (χ1) is 11.2. The van der Waals surface area contributed by atoms with Gasteiger partial charge in [0.05, 0.1) is 32.0 Å². The number of rotatable bonds is 5. The van der Waals surface area contributed by atoms with E-state index in [0.29, 0.717) is 0 Å². The second kappa shape index (κ2) is 7.43. The summed E-state index contributed by atoms with van der Waals surface area (Å²) in [4.78, 5) is 0. The van der Waals surface area contributed by atoms with Gasteiger partial charge in [0.2, 0.25) is 0 Å². The van der Waals surface area contributed by atoms with Crippen LogP contribution >= 0.6 is 0 Å². The van der Waals surface area contributed by atoms with Crippen LogP contribution in [0.1, 0.15) is 0 Å². The van der Waals surface area contributed by atoms with E-state index >= 15 is 0 Å². The Bertz CT molecular complexity index is 419. The molecule has 0 amide bonds. The smallest absolute Gasteiger partial charge is 0.187 e. The zero-order valence-electron chi connectivity index (χ0n) is 12.7. The van der Waals surface area contributed by atoms with Crippen molar-refractivity contribution in [1.82, 2.24) is 0 Å². The fraction of sp³-hybridized carbons (Fsp3) is 1.00. The summed E-state index contributed by atoms with van der Waals surface area (Å²) in [6.07, 6.45) is -13.0. The van der Waals surface area contributed by atoms with Crippen LogP contribution in [0.15, 0.2) is 0 Å². The molecule has 9 N–H and O–H groups in total. The van der Waals surface area contributed by atoms with Gasteiger partial charge in [-0.25, -0.2) is 0 Å². The van der Waals surface area contributed by atoms with E-state index in [2.05, 4.69) is 0 Å². The summed E-state index contributed by atoms with van der Waals surface area (Å²) in [6, 6.07) is 0. The highest BCUT2D eigenvalue weighted by atomic mass is 16.7. The van der Waals surface area contributed by atoms with Gasteiger partial charge >= 0.3 is 0 Å². The van der Waals surface area contributed by atoms with Crippen molar-refractivity contribution in [2.75, 3.05) is 19.8 Å². The highest BCUT2D eigenvalue weighted by molar-refractivity contribution is 5.09. The van der Waals surface area contributed by atoms with E-state index in [4.69, 9.17) is 14.6 Å². The first-order valence-electron chi connectivity index (χ1n) is 7.49. The minimum atomic E-state index is -2.35. The Morgan fingerprint density at radius 2 is 1.46 bits per heavy atom. The maximum atomic E-state index is 10.1. The molecule has 2 aliphatic rings. The number of aliphatic hydroxyl groups excluding tert-OH is 8. The molecule has 0 radical (unpaired) electrons. The van der Waals surface area contributed by atoms with Crippen LogP contribution in [-0.4, -0.2) is 120 Å². The maximum absolute atomic E-state index is 10.1. The standard InChI is InChI=1S/C13H24O11/c14-1-4-9(11(21)13(22,3-16)10(4)20)24-12-8(19)7(18)6(17)5(2-15)23-12/h4-12,14-22H,1-3H2/t4-,5?,6-,7+,8?,9?,10?,11-,12-,13-/m1/s1. The van der Waals surface area contributed by atoms with Crippen molar-refractivity contribution in [3.05, 3.63) is 0 Å². The largest absolute Gasteiger partial charge is 0.396 e. The molecule has 1 heterocycles. The van der Waals surface area contributed by atoms with E-state index in [0.717, 1.165) is 0 Å². The predicted molar refractivity (Wildman–Crippen MR) is 73.3 cm³/mol. The molecule has 1 aliphatic carbocycles. The van der Waals surface area contributed by atoms with Gasteiger partial charge in [0, 0.05) is 5.92 Å². The molecule has 1 saturated carbocycles.